The number of nitrogens with one attached hydrogen (secondary N) is 1. The van der Waals surface area contributed by atoms with Gasteiger partial charge in [0.15, 0.2) is 18.1 Å². The Bertz CT molecular complexity index is 896. The average Bonchev–Trinajstić information content (AvgIpc) is 2.91. The molecule has 4 rings (SSSR count). The second-order valence-corrected chi connectivity index (χ2v) is 7.67. The number of carbonyl (C=O) groups is 2. The Morgan fingerprint density at radius 3 is 2.54 bits per heavy atom. The van der Waals surface area contributed by atoms with E-state index in [9.17, 15) is 14.7 Å². The fourth-order valence-corrected chi connectivity index (χ4v) is 3.97. The van der Waals surface area contributed by atoms with Crippen molar-refractivity contribution in [1.29, 1.82) is 0 Å². The molecule has 2 N–H and O–H groups in total. The molecule has 0 spiro atoms. The lowest BCUT2D eigenvalue weighted by atomic mass is 9.88. The molecule has 0 aromatic heterocycles. The number of ketones is 1. The van der Waals surface area contributed by atoms with Crippen LogP contribution in [0.3, 0.4) is 0 Å². The van der Waals surface area contributed by atoms with Crippen molar-refractivity contribution in [3.8, 4) is 0 Å². The molecular formula is C21H22ClN2O4+. The van der Waals surface area contributed by atoms with E-state index in [0.717, 1.165) is 13.1 Å². The van der Waals surface area contributed by atoms with E-state index >= 15 is 0 Å². The summed E-state index contributed by atoms with van der Waals surface area (Å²) in [5.74, 6) is -0.752. The maximum absolute atomic E-state index is 13.2. The van der Waals surface area contributed by atoms with Gasteiger partial charge in [-0.15, -0.1) is 0 Å². The zero-order chi connectivity index (χ0) is 19.7. The minimum Gasteiger partial charge on any atom is -0.375 e. The lowest BCUT2D eigenvalue weighted by Gasteiger charge is -2.29. The van der Waals surface area contributed by atoms with E-state index in [1.54, 1.807) is 41.3 Å². The number of anilines is 1. The number of para-hydroxylation sites is 1. The van der Waals surface area contributed by atoms with Crippen molar-refractivity contribution in [2.45, 2.75) is 12.0 Å². The first-order valence-electron chi connectivity index (χ1n) is 9.33. The molecule has 2 aliphatic heterocycles. The summed E-state index contributed by atoms with van der Waals surface area (Å²) in [5.41, 5.74) is -0.299. The van der Waals surface area contributed by atoms with Crippen molar-refractivity contribution in [3.05, 3.63) is 64.7 Å². The first-order chi connectivity index (χ1) is 13.5. The molecule has 1 amide bonds. The fraction of sp³-hybridized carbons (Fsp3) is 0.333. The number of benzene rings is 2. The number of amides is 1. The summed E-state index contributed by atoms with van der Waals surface area (Å²) in [6.45, 7) is 3.34. The van der Waals surface area contributed by atoms with Crippen molar-refractivity contribution in [3.63, 3.8) is 0 Å². The number of quaternary nitrogens is 1. The van der Waals surface area contributed by atoms with E-state index in [2.05, 4.69) is 0 Å². The summed E-state index contributed by atoms with van der Waals surface area (Å²) >= 11 is 5.88. The molecule has 0 unspecified atom stereocenters. The Hall–Kier alpha value is -2.25. The monoisotopic (exact) mass is 401 g/mol. The lowest BCUT2D eigenvalue weighted by molar-refractivity contribution is -0.906. The van der Waals surface area contributed by atoms with Crippen molar-refractivity contribution in [2.75, 3.05) is 37.9 Å². The fourth-order valence-electron chi connectivity index (χ4n) is 3.85. The number of morpholine rings is 1. The summed E-state index contributed by atoms with van der Waals surface area (Å²) in [7, 11) is 0. The first kappa shape index (κ1) is 19.1. The molecule has 0 saturated carbocycles. The van der Waals surface area contributed by atoms with Gasteiger partial charge in [0.2, 0.25) is 0 Å². The third-order valence-corrected chi connectivity index (χ3v) is 5.66. The largest absolute Gasteiger partial charge is 0.375 e. The zero-order valence-corrected chi connectivity index (χ0v) is 16.1. The first-order valence-corrected chi connectivity index (χ1v) is 9.71. The van der Waals surface area contributed by atoms with Gasteiger partial charge in [0.25, 0.3) is 5.91 Å². The quantitative estimate of drug-likeness (QED) is 0.734. The number of hydrogen-bond donors (Lipinski definition) is 2. The number of fused-ring (bicyclic) bond motifs is 1. The van der Waals surface area contributed by atoms with Crippen LogP contribution in [0.15, 0.2) is 48.5 Å². The molecular weight excluding hydrogens is 380 g/mol. The van der Waals surface area contributed by atoms with Gasteiger partial charge in [-0.1, -0.05) is 29.8 Å². The third kappa shape index (κ3) is 3.44. The standard InChI is InChI=1S/C21H21ClN2O4/c22-16-7-5-15(6-8-16)19(25)13-21(27)17-3-1-2-4-18(17)24(20(21)26)14-23-9-11-28-12-10-23/h1-8,27H,9-14H2/p+1/t21-/m1/s1. The van der Waals surface area contributed by atoms with Crippen LogP contribution in [0.2, 0.25) is 5.02 Å². The molecule has 1 atom stereocenters. The van der Waals surface area contributed by atoms with Crippen LogP contribution in [-0.4, -0.2) is 49.8 Å². The maximum Gasteiger partial charge on any atom is 0.268 e. The van der Waals surface area contributed by atoms with Crippen LogP contribution in [0.5, 0.6) is 0 Å². The van der Waals surface area contributed by atoms with Crippen molar-refractivity contribution in [1.82, 2.24) is 0 Å². The smallest absolute Gasteiger partial charge is 0.268 e. The highest BCUT2D eigenvalue weighted by atomic mass is 35.5. The summed E-state index contributed by atoms with van der Waals surface area (Å²) < 4.78 is 5.38. The second-order valence-electron chi connectivity index (χ2n) is 7.24. The molecule has 2 aromatic rings. The number of rotatable bonds is 5. The van der Waals surface area contributed by atoms with Gasteiger partial charge in [0.05, 0.1) is 25.3 Å². The van der Waals surface area contributed by atoms with Crippen LogP contribution >= 0.6 is 11.6 Å². The molecule has 0 radical (unpaired) electrons. The topological polar surface area (TPSA) is 71.3 Å². The van der Waals surface area contributed by atoms with Crippen LogP contribution in [-0.2, 0) is 15.1 Å². The van der Waals surface area contributed by atoms with E-state index in [1.807, 2.05) is 12.1 Å². The Morgan fingerprint density at radius 2 is 1.82 bits per heavy atom. The van der Waals surface area contributed by atoms with Crippen LogP contribution in [0.1, 0.15) is 22.3 Å². The van der Waals surface area contributed by atoms with E-state index in [-0.39, 0.29) is 12.2 Å². The maximum atomic E-state index is 13.2. The molecule has 7 heteroatoms. The van der Waals surface area contributed by atoms with Crippen molar-refractivity contribution in [2.24, 2.45) is 0 Å². The number of nitrogens with zero attached hydrogens (tertiary/aromatic N) is 1. The number of Topliss-reactive ketones (excluding diaryl/α,β-unsaturated/α-hetero) is 1. The van der Waals surface area contributed by atoms with E-state index in [4.69, 9.17) is 16.3 Å². The minimum atomic E-state index is -1.86. The van der Waals surface area contributed by atoms with Crippen LogP contribution < -0.4 is 9.80 Å². The van der Waals surface area contributed by atoms with Gasteiger partial charge in [-0.3, -0.25) is 14.5 Å². The highest BCUT2D eigenvalue weighted by Crippen LogP contribution is 2.42. The van der Waals surface area contributed by atoms with E-state index in [0.29, 0.717) is 41.7 Å². The van der Waals surface area contributed by atoms with Gasteiger partial charge >= 0.3 is 0 Å². The predicted octanol–water partition coefficient (Wildman–Crippen LogP) is 1.02. The second kappa shape index (κ2) is 7.64. The number of ether oxygens (including phenoxy) is 1. The Morgan fingerprint density at radius 1 is 1.14 bits per heavy atom. The Kier molecular flexibility index (Phi) is 5.21. The molecule has 0 aliphatic carbocycles. The molecule has 2 aromatic carbocycles. The summed E-state index contributed by atoms with van der Waals surface area (Å²) in [6, 6.07) is 13.6. The molecule has 2 heterocycles. The van der Waals surface area contributed by atoms with Gasteiger partial charge in [0, 0.05) is 16.1 Å². The zero-order valence-electron chi connectivity index (χ0n) is 15.4. The van der Waals surface area contributed by atoms with Gasteiger partial charge in [-0.2, -0.15) is 0 Å². The summed E-state index contributed by atoms with van der Waals surface area (Å²) in [6.07, 6.45) is -0.306. The molecule has 1 saturated heterocycles. The van der Waals surface area contributed by atoms with Crippen molar-refractivity contribution >= 4 is 29.0 Å². The van der Waals surface area contributed by atoms with Gasteiger partial charge in [0.1, 0.15) is 13.1 Å². The van der Waals surface area contributed by atoms with E-state index in [1.165, 1.54) is 4.90 Å². The lowest BCUT2D eigenvalue weighted by Crippen LogP contribution is -3.15. The van der Waals surface area contributed by atoms with Gasteiger partial charge in [-0.25, -0.2) is 0 Å². The van der Waals surface area contributed by atoms with Crippen LogP contribution in [0.25, 0.3) is 0 Å². The Balaban J connectivity index is 1.61. The average molecular weight is 402 g/mol. The number of hydrogen-bond acceptors (Lipinski definition) is 4. The van der Waals surface area contributed by atoms with Crippen LogP contribution in [0.4, 0.5) is 5.69 Å². The molecule has 2 aliphatic rings. The normalized spacial score (nSPS) is 22.4. The Labute approximate surface area is 168 Å². The molecule has 0 bridgehead atoms. The van der Waals surface area contributed by atoms with Gasteiger partial charge in [-0.05, 0) is 30.3 Å². The molecule has 146 valence electrons. The number of aliphatic hydroxyl groups is 1. The molecule has 1 fully saturated rings. The van der Waals surface area contributed by atoms with Crippen molar-refractivity contribution < 1.29 is 24.3 Å². The number of halogens is 1. The summed E-state index contributed by atoms with van der Waals surface area (Å²) in [5, 5.41) is 11.9. The van der Waals surface area contributed by atoms with Gasteiger partial charge < -0.3 is 14.7 Å². The SMILES string of the molecule is O=C(C[C@]1(O)C(=O)N(C[NH+]2CCOCC2)c2ccccc21)c1ccc(Cl)cc1. The molecule has 6 nitrogen and oxygen atoms in total. The van der Waals surface area contributed by atoms with Crippen LogP contribution in [0, 0.1) is 0 Å². The number of carbonyl (C=O) groups excluding carboxylic acids is 2. The van der Waals surface area contributed by atoms with E-state index < -0.39 is 11.5 Å². The predicted molar refractivity (Wildman–Crippen MR) is 105 cm³/mol. The highest BCUT2D eigenvalue weighted by molar-refractivity contribution is 6.30. The highest BCUT2D eigenvalue weighted by Gasteiger charge is 2.51. The summed E-state index contributed by atoms with van der Waals surface area (Å²) in [4.78, 5) is 28.8. The minimum absolute atomic E-state index is 0.303. The molecule has 28 heavy (non-hydrogen) atoms. The third-order valence-electron chi connectivity index (χ3n) is 5.40.